The maximum Gasteiger partial charge on any atom is 0.121 e. The van der Waals surface area contributed by atoms with E-state index in [4.69, 9.17) is 17.3 Å². The van der Waals surface area contributed by atoms with Gasteiger partial charge in [-0.05, 0) is 25.0 Å². The van der Waals surface area contributed by atoms with Crippen LogP contribution >= 0.6 is 11.6 Å². The lowest BCUT2D eigenvalue weighted by Crippen LogP contribution is -2.34. The van der Waals surface area contributed by atoms with Gasteiger partial charge in [0.05, 0.1) is 11.7 Å². The third kappa shape index (κ3) is 1.57. The van der Waals surface area contributed by atoms with Crippen LogP contribution in [0.5, 0.6) is 0 Å². The Kier molecular flexibility index (Phi) is 2.60. The smallest absolute Gasteiger partial charge is 0.121 e. The van der Waals surface area contributed by atoms with Crippen molar-refractivity contribution in [3.8, 4) is 0 Å². The molecule has 2 heterocycles. The van der Waals surface area contributed by atoms with Crippen molar-refractivity contribution in [2.75, 3.05) is 6.54 Å². The number of aromatic nitrogens is 2. The Morgan fingerprint density at radius 2 is 2.12 bits per heavy atom. The molecule has 3 rings (SSSR count). The highest BCUT2D eigenvalue weighted by atomic mass is 35.5. The summed E-state index contributed by atoms with van der Waals surface area (Å²) in [4.78, 5) is 4.58. The average Bonchev–Trinajstić information content (AvgIpc) is 2.96. The summed E-state index contributed by atoms with van der Waals surface area (Å²) in [5, 5.41) is 0.717. The highest BCUT2D eigenvalue weighted by Crippen LogP contribution is 2.40. The van der Waals surface area contributed by atoms with E-state index in [0.717, 1.165) is 29.3 Å². The van der Waals surface area contributed by atoms with Gasteiger partial charge in [-0.1, -0.05) is 30.5 Å². The zero-order chi connectivity index (χ0) is 11.9. The van der Waals surface area contributed by atoms with Crippen molar-refractivity contribution in [2.24, 2.45) is 5.73 Å². The molecule has 0 saturated heterocycles. The minimum atomic E-state index is 0.0252. The molecule has 17 heavy (non-hydrogen) atoms. The molecule has 0 bridgehead atoms. The molecule has 0 radical (unpaired) electrons. The van der Waals surface area contributed by atoms with Crippen molar-refractivity contribution in [2.45, 2.75) is 31.1 Å². The molecule has 0 aromatic carbocycles. The van der Waals surface area contributed by atoms with Crippen LogP contribution in [0.25, 0.3) is 5.52 Å². The molecule has 3 nitrogen and oxygen atoms in total. The first-order valence-corrected chi connectivity index (χ1v) is 6.47. The molecule has 2 N–H and O–H groups in total. The number of hydrogen-bond donors (Lipinski definition) is 1. The van der Waals surface area contributed by atoms with Gasteiger partial charge in [-0.2, -0.15) is 0 Å². The fraction of sp³-hybridized carbons (Fsp3) is 0.462. The predicted octanol–water partition coefficient (Wildman–Crippen LogP) is 2.76. The Hall–Kier alpha value is -1.06. The van der Waals surface area contributed by atoms with Gasteiger partial charge in [-0.3, -0.25) is 4.40 Å². The second-order valence-corrected chi connectivity index (χ2v) is 5.27. The summed E-state index contributed by atoms with van der Waals surface area (Å²) < 4.78 is 2.04. The number of hydrogen-bond acceptors (Lipinski definition) is 2. The SMILES string of the molecule is NCC1(c2ncc3cccc(Cl)n23)CCCC1. The summed E-state index contributed by atoms with van der Waals surface area (Å²) in [5.74, 6) is 1.04. The maximum absolute atomic E-state index is 6.28. The largest absolute Gasteiger partial charge is 0.329 e. The van der Waals surface area contributed by atoms with Crippen molar-refractivity contribution < 1.29 is 0 Å². The van der Waals surface area contributed by atoms with Crippen LogP contribution in [0, 0.1) is 0 Å². The van der Waals surface area contributed by atoms with E-state index in [9.17, 15) is 0 Å². The lowest BCUT2D eigenvalue weighted by Gasteiger charge is -2.26. The summed E-state index contributed by atoms with van der Waals surface area (Å²) in [6, 6.07) is 5.88. The van der Waals surface area contributed by atoms with E-state index in [1.54, 1.807) is 0 Å². The van der Waals surface area contributed by atoms with Gasteiger partial charge < -0.3 is 5.73 Å². The van der Waals surface area contributed by atoms with Crippen LogP contribution in [-0.4, -0.2) is 15.9 Å². The molecule has 1 saturated carbocycles. The van der Waals surface area contributed by atoms with Gasteiger partial charge in [0.15, 0.2) is 0 Å². The van der Waals surface area contributed by atoms with Gasteiger partial charge in [0, 0.05) is 12.0 Å². The number of imidazole rings is 1. The lowest BCUT2D eigenvalue weighted by molar-refractivity contribution is 0.423. The molecule has 0 aliphatic heterocycles. The van der Waals surface area contributed by atoms with Crippen LogP contribution in [0.4, 0.5) is 0 Å². The zero-order valence-electron chi connectivity index (χ0n) is 9.69. The van der Waals surface area contributed by atoms with Crippen LogP contribution in [0.15, 0.2) is 24.4 Å². The molecule has 4 heteroatoms. The fourth-order valence-corrected chi connectivity index (χ4v) is 3.20. The van der Waals surface area contributed by atoms with Crippen molar-refractivity contribution >= 4 is 17.1 Å². The van der Waals surface area contributed by atoms with Crippen LogP contribution in [0.1, 0.15) is 31.5 Å². The topological polar surface area (TPSA) is 43.3 Å². The van der Waals surface area contributed by atoms with E-state index in [0.29, 0.717) is 6.54 Å². The van der Waals surface area contributed by atoms with Gasteiger partial charge in [0.2, 0.25) is 0 Å². The molecule has 2 aromatic heterocycles. The van der Waals surface area contributed by atoms with Crippen LogP contribution in [-0.2, 0) is 5.41 Å². The Morgan fingerprint density at radius 3 is 2.82 bits per heavy atom. The predicted molar refractivity (Wildman–Crippen MR) is 69.4 cm³/mol. The molecule has 1 aliphatic rings. The first-order valence-electron chi connectivity index (χ1n) is 6.09. The Balaban J connectivity index is 2.23. The molecule has 1 aliphatic carbocycles. The molecule has 0 amide bonds. The van der Waals surface area contributed by atoms with Crippen molar-refractivity contribution in [3.05, 3.63) is 35.4 Å². The number of nitrogens with two attached hydrogens (primary N) is 1. The van der Waals surface area contributed by atoms with Crippen LogP contribution in [0.2, 0.25) is 5.15 Å². The van der Waals surface area contributed by atoms with E-state index in [-0.39, 0.29) is 5.41 Å². The maximum atomic E-state index is 6.28. The van der Waals surface area contributed by atoms with Crippen molar-refractivity contribution in [1.82, 2.24) is 9.38 Å². The van der Waals surface area contributed by atoms with Gasteiger partial charge in [0.25, 0.3) is 0 Å². The number of fused-ring (bicyclic) bond motifs is 1. The van der Waals surface area contributed by atoms with E-state index >= 15 is 0 Å². The second kappa shape index (κ2) is 4.00. The number of rotatable bonds is 2. The molecule has 90 valence electrons. The van der Waals surface area contributed by atoms with Gasteiger partial charge in [-0.15, -0.1) is 0 Å². The molecule has 0 spiro atoms. The third-order valence-corrected chi connectivity index (χ3v) is 4.22. The van der Waals surface area contributed by atoms with Gasteiger partial charge >= 0.3 is 0 Å². The minimum Gasteiger partial charge on any atom is -0.329 e. The summed E-state index contributed by atoms with van der Waals surface area (Å²) >= 11 is 6.28. The minimum absolute atomic E-state index is 0.0252. The molecule has 0 unspecified atom stereocenters. The molecule has 0 atom stereocenters. The van der Waals surface area contributed by atoms with Gasteiger partial charge in [-0.25, -0.2) is 4.98 Å². The standard InChI is InChI=1S/C13H16ClN3/c14-11-5-3-4-10-8-16-12(17(10)11)13(9-15)6-1-2-7-13/h3-5,8H,1-2,6-7,9,15H2. The highest BCUT2D eigenvalue weighted by molar-refractivity contribution is 6.29. The Bertz CT molecular complexity index is 541. The molecular formula is C13H16ClN3. The average molecular weight is 250 g/mol. The molecular weight excluding hydrogens is 234 g/mol. The van der Waals surface area contributed by atoms with E-state index < -0.39 is 0 Å². The van der Waals surface area contributed by atoms with Crippen molar-refractivity contribution in [1.29, 1.82) is 0 Å². The number of halogens is 1. The molecule has 2 aromatic rings. The Morgan fingerprint density at radius 1 is 1.35 bits per heavy atom. The first kappa shape index (κ1) is 11.1. The summed E-state index contributed by atoms with van der Waals surface area (Å²) in [6.07, 6.45) is 6.59. The van der Waals surface area contributed by atoms with E-state index in [1.165, 1.54) is 12.8 Å². The first-order chi connectivity index (χ1) is 8.27. The number of pyridine rings is 1. The monoisotopic (exact) mass is 249 g/mol. The molecule has 1 fully saturated rings. The normalized spacial score (nSPS) is 18.9. The summed E-state index contributed by atoms with van der Waals surface area (Å²) in [6.45, 7) is 0.650. The third-order valence-electron chi connectivity index (χ3n) is 3.93. The lowest BCUT2D eigenvalue weighted by atomic mass is 9.85. The van der Waals surface area contributed by atoms with E-state index in [2.05, 4.69) is 4.98 Å². The fourth-order valence-electron chi connectivity index (χ4n) is 2.95. The summed E-state index contributed by atoms with van der Waals surface area (Å²) in [5.41, 5.74) is 7.08. The summed E-state index contributed by atoms with van der Waals surface area (Å²) in [7, 11) is 0. The van der Waals surface area contributed by atoms with Crippen LogP contribution < -0.4 is 5.73 Å². The number of nitrogens with zero attached hydrogens (tertiary/aromatic N) is 2. The highest BCUT2D eigenvalue weighted by Gasteiger charge is 2.38. The van der Waals surface area contributed by atoms with Crippen molar-refractivity contribution in [3.63, 3.8) is 0 Å². The van der Waals surface area contributed by atoms with Gasteiger partial charge in [0.1, 0.15) is 11.0 Å². The second-order valence-electron chi connectivity index (χ2n) is 4.88. The Labute approximate surface area is 106 Å². The zero-order valence-corrected chi connectivity index (χ0v) is 10.5. The quantitative estimate of drug-likeness (QED) is 0.832. The van der Waals surface area contributed by atoms with E-state index in [1.807, 2.05) is 28.8 Å². The van der Waals surface area contributed by atoms with Crippen LogP contribution in [0.3, 0.4) is 0 Å².